The predicted molar refractivity (Wildman–Crippen MR) is 123 cm³/mol. The van der Waals surface area contributed by atoms with Crippen LogP contribution in [-0.4, -0.2) is 51.7 Å². The van der Waals surface area contributed by atoms with Crippen molar-refractivity contribution in [2.24, 2.45) is 5.73 Å². The van der Waals surface area contributed by atoms with E-state index in [9.17, 15) is 10.2 Å². The molecule has 0 spiro atoms. The minimum atomic E-state index is -0.702. The number of aliphatic hydroxyl groups is 2. The molecule has 4 atom stereocenters. The van der Waals surface area contributed by atoms with Crippen molar-refractivity contribution in [2.45, 2.75) is 31.2 Å². The van der Waals surface area contributed by atoms with Gasteiger partial charge in [0.1, 0.15) is 23.8 Å². The molecular weight excluding hydrogens is 406 g/mol. The van der Waals surface area contributed by atoms with E-state index in [4.69, 9.17) is 15.2 Å². The molecule has 3 unspecified atom stereocenters. The van der Waals surface area contributed by atoms with Crippen molar-refractivity contribution in [2.75, 3.05) is 19.8 Å². The van der Waals surface area contributed by atoms with Crippen molar-refractivity contribution in [3.8, 4) is 16.9 Å². The summed E-state index contributed by atoms with van der Waals surface area (Å²) in [5.74, 6) is 1.31. The van der Waals surface area contributed by atoms with Crippen LogP contribution in [0.15, 0.2) is 67.0 Å². The zero-order valence-corrected chi connectivity index (χ0v) is 18.0. The molecule has 1 aliphatic rings. The zero-order chi connectivity index (χ0) is 22.5. The van der Waals surface area contributed by atoms with E-state index >= 15 is 0 Å². The first-order valence-corrected chi connectivity index (χ1v) is 10.8. The number of nitrogens with zero attached hydrogens (tertiary/aromatic N) is 2. The number of aromatic nitrogens is 2. The first kappa shape index (κ1) is 22.2. The second-order valence-corrected chi connectivity index (χ2v) is 7.98. The van der Waals surface area contributed by atoms with E-state index in [0.717, 1.165) is 22.4 Å². The van der Waals surface area contributed by atoms with Crippen molar-refractivity contribution in [3.63, 3.8) is 0 Å². The number of hydrogen-bond acceptors (Lipinski definition) is 6. The van der Waals surface area contributed by atoms with Crippen molar-refractivity contribution in [3.05, 3.63) is 78.4 Å². The van der Waals surface area contributed by atoms with Crippen molar-refractivity contribution in [1.82, 2.24) is 9.55 Å². The fourth-order valence-corrected chi connectivity index (χ4v) is 3.75. The molecule has 0 bridgehead atoms. The largest absolute Gasteiger partial charge is 0.486 e. The molecule has 1 aliphatic heterocycles. The molecule has 2 aromatic carbocycles. The van der Waals surface area contributed by atoms with Crippen LogP contribution in [-0.2, 0) is 4.74 Å². The lowest BCUT2D eigenvalue weighted by Gasteiger charge is -2.16. The van der Waals surface area contributed by atoms with Crippen LogP contribution < -0.4 is 10.5 Å². The lowest BCUT2D eigenvalue weighted by Crippen LogP contribution is -2.37. The summed E-state index contributed by atoms with van der Waals surface area (Å²) in [6.07, 6.45) is 6.45. The van der Waals surface area contributed by atoms with Gasteiger partial charge in [0.25, 0.3) is 0 Å². The summed E-state index contributed by atoms with van der Waals surface area (Å²) in [5.41, 5.74) is 9.18. The van der Waals surface area contributed by atoms with Crippen molar-refractivity contribution < 1.29 is 19.7 Å². The molecule has 4 N–H and O–H groups in total. The Morgan fingerprint density at radius 1 is 1.16 bits per heavy atom. The molecule has 1 aromatic heterocycles. The molecule has 0 saturated carbocycles. The van der Waals surface area contributed by atoms with Gasteiger partial charge in [-0.05, 0) is 35.7 Å². The van der Waals surface area contributed by atoms with Gasteiger partial charge in [0, 0.05) is 12.4 Å². The van der Waals surface area contributed by atoms with Crippen molar-refractivity contribution in [1.29, 1.82) is 0 Å². The highest BCUT2D eigenvalue weighted by atomic mass is 16.5. The lowest BCUT2D eigenvalue weighted by molar-refractivity contribution is 0.140. The Balaban J connectivity index is 1.41. The Hall–Kier alpha value is -2.97. The van der Waals surface area contributed by atoms with E-state index < -0.39 is 6.10 Å². The predicted octanol–water partition coefficient (Wildman–Crippen LogP) is 2.96. The topological polar surface area (TPSA) is 103 Å². The fourth-order valence-electron chi connectivity index (χ4n) is 3.75. The van der Waals surface area contributed by atoms with Crippen LogP contribution in [0.5, 0.6) is 5.75 Å². The number of rotatable bonds is 8. The summed E-state index contributed by atoms with van der Waals surface area (Å²) in [7, 11) is 0. The number of hydrogen-bond donors (Lipinski definition) is 3. The maximum Gasteiger partial charge on any atom is 0.139 e. The first-order valence-electron chi connectivity index (χ1n) is 10.8. The van der Waals surface area contributed by atoms with Crippen LogP contribution in [0.1, 0.15) is 30.5 Å². The molecule has 0 radical (unpaired) electrons. The van der Waals surface area contributed by atoms with Crippen LogP contribution in [0.2, 0.25) is 0 Å². The molecule has 32 heavy (non-hydrogen) atoms. The third kappa shape index (κ3) is 5.08. The molecule has 0 aliphatic carbocycles. The van der Waals surface area contributed by atoms with Gasteiger partial charge in [0.15, 0.2) is 0 Å². The summed E-state index contributed by atoms with van der Waals surface area (Å²) < 4.78 is 13.0. The van der Waals surface area contributed by atoms with Gasteiger partial charge in [-0.3, -0.25) is 0 Å². The first-order chi connectivity index (χ1) is 15.5. The van der Waals surface area contributed by atoms with Gasteiger partial charge in [-0.25, -0.2) is 4.98 Å². The Labute approximate surface area is 187 Å². The third-order valence-electron chi connectivity index (χ3n) is 5.58. The second kappa shape index (κ2) is 10.1. The summed E-state index contributed by atoms with van der Waals surface area (Å²) in [5, 5.41) is 19.6. The van der Waals surface area contributed by atoms with Gasteiger partial charge in [-0.15, -0.1) is 0 Å². The average molecular weight is 436 g/mol. The standard InChI is InChI=1S/C25H29N3O4/c1-17(30)25-27-12-13-28(25)21(14-29)9-4-18-2-5-19(6-3-18)20-7-10-22(11-8-20)32-24-16-31-15-23(24)26/h2-13,17,21,23-24,29-30H,14-16,26H2,1H3/b9-4+/t17-,21?,23?,24?/m0/s1. The minimum absolute atomic E-state index is 0.0863. The van der Waals surface area contributed by atoms with E-state index in [2.05, 4.69) is 17.1 Å². The highest BCUT2D eigenvalue weighted by Crippen LogP contribution is 2.25. The Bertz CT molecular complexity index is 1030. The third-order valence-corrected chi connectivity index (χ3v) is 5.58. The van der Waals surface area contributed by atoms with Crippen LogP contribution in [0, 0.1) is 0 Å². The van der Waals surface area contributed by atoms with E-state index in [0.29, 0.717) is 19.0 Å². The Kier molecular flexibility index (Phi) is 7.02. The number of ether oxygens (including phenoxy) is 2. The highest BCUT2D eigenvalue weighted by molar-refractivity contribution is 5.66. The summed E-state index contributed by atoms with van der Waals surface area (Å²) in [6.45, 7) is 2.63. The zero-order valence-electron chi connectivity index (χ0n) is 18.0. The molecular formula is C25H29N3O4. The van der Waals surface area contributed by atoms with Gasteiger partial charge < -0.3 is 30.0 Å². The molecule has 1 fully saturated rings. The molecule has 2 heterocycles. The quantitative estimate of drug-likeness (QED) is 0.503. The summed E-state index contributed by atoms with van der Waals surface area (Å²) in [4.78, 5) is 4.17. The molecule has 3 aromatic rings. The number of aliphatic hydroxyl groups excluding tert-OH is 2. The van der Waals surface area contributed by atoms with Crippen molar-refractivity contribution >= 4 is 6.08 Å². The average Bonchev–Trinajstić information content (AvgIpc) is 3.45. The van der Waals surface area contributed by atoms with Gasteiger partial charge >= 0.3 is 0 Å². The molecule has 168 valence electrons. The molecule has 1 saturated heterocycles. The van der Waals surface area contributed by atoms with Crippen LogP contribution in [0.25, 0.3) is 17.2 Å². The molecule has 4 rings (SSSR count). The maximum absolute atomic E-state index is 9.85. The molecule has 7 nitrogen and oxygen atoms in total. The smallest absolute Gasteiger partial charge is 0.139 e. The van der Waals surface area contributed by atoms with E-state index in [1.54, 1.807) is 23.9 Å². The van der Waals surface area contributed by atoms with Gasteiger partial charge in [0.2, 0.25) is 0 Å². The lowest BCUT2D eigenvalue weighted by atomic mass is 10.0. The second-order valence-electron chi connectivity index (χ2n) is 7.98. The Morgan fingerprint density at radius 3 is 2.44 bits per heavy atom. The number of nitrogens with two attached hydrogens (primary N) is 1. The van der Waals surface area contributed by atoms with Crippen LogP contribution >= 0.6 is 0 Å². The molecule has 7 heteroatoms. The monoisotopic (exact) mass is 435 g/mol. The van der Waals surface area contributed by atoms with Gasteiger partial charge in [0.05, 0.1) is 31.9 Å². The highest BCUT2D eigenvalue weighted by Gasteiger charge is 2.26. The van der Waals surface area contributed by atoms with E-state index in [1.165, 1.54) is 0 Å². The van der Waals surface area contributed by atoms with Crippen LogP contribution in [0.3, 0.4) is 0 Å². The number of benzene rings is 2. The van der Waals surface area contributed by atoms with Gasteiger partial charge in [-0.1, -0.05) is 48.6 Å². The normalized spacial score (nSPS) is 20.5. The fraction of sp³-hybridized carbons (Fsp3) is 0.320. The molecule has 0 amide bonds. The van der Waals surface area contributed by atoms with E-state index in [1.807, 2.05) is 48.6 Å². The number of imidazole rings is 1. The van der Waals surface area contributed by atoms with Crippen LogP contribution in [0.4, 0.5) is 0 Å². The maximum atomic E-state index is 9.85. The SMILES string of the molecule is C[C@H](O)c1nccn1C(/C=C/c1ccc(-c2ccc(OC3COCC3N)cc2)cc1)CO. The Morgan fingerprint density at radius 2 is 1.84 bits per heavy atom. The van der Waals surface area contributed by atoms with E-state index in [-0.39, 0.29) is 24.8 Å². The minimum Gasteiger partial charge on any atom is -0.486 e. The summed E-state index contributed by atoms with van der Waals surface area (Å²) in [6, 6.07) is 15.7. The summed E-state index contributed by atoms with van der Waals surface area (Å²) >= 11 is 0. The van der Waals surface area contributed by atoms with Gasteiger partial charge in [-0.2, -0.15) is 0 Å².